The molecule has 1 amide bonds. The third-order valence-electron chi connectivity index (χ3n) is 5.86. The summed E-state index contributed by atoms with van der Waals surface area (Å²) in [7, 11) is 0. The Morgan fingerprint density at radius 2 is 1.97 bits per heavy atom. The van der Waals surface area contributed by atoms with Crippen molar-refractivity contribution < 1.29 is 32.6 Å². The SMILES string of the molecule is O=C(O)C(F)(F)F.O=C1CC2(CCN(CC3CCOCC3)C2)CN1c1ccccn1. The Morgan fingerprint density at radius 1 is 1.27 bits per heavy atom. The van der Waals surface area contributed by atoms with Gasteiger partial charge in [-0.2, -0.15) is 13.2 Å². The number of hydrogen-bond acceptors (Lipinski definition) is 5. The molecule has 0 saturated carbocycles. The number of carbonyl (C=O) groups excluding carboxylic acids is 1. The number of nitrogens with zero attached hydrogens (tertiary/aromatic N) is 3. The van der Waals surface area contributed by atoms with Crippen molar-refractivity contribution in [3.63, 3.8) is 0 Å². The molecule has 4 rings (SSSR count). The molecule has 0 aliphatic carbocycles. The molecular formula is C20H26F3N3O4. The van der Waals surface area contributed by atoms with Gasteiger partial charge in [0.15, 0.2) is 0 Å². The minimum atomic E-state index is -5.08. The van der Waals surface area contributed by atoms with E-state index >= 15 is 0 Å². The predicted molar refractivity (Wildman–Crippen MR) is 102 cm³/mol. The lowest BCUT2D eigenvalue weighted by molar-refractivity contribution is -0.192. The summed E-state index contributed by atoms with van der Waals surface area (Å²) in [5, 5.41) is 7.12. The summed E-state index contributed by atoms with van der Waals surface area (Å²) in [5.41, 5.74) is 0.139. The van der Waals surface area contributed by atoms with E-state index in [1.54, 1.807) is 6.20 Å². The number of pyridine rings is 1. The molecule has 3 fully saturated rings. The maximum atomic E-state index is 12.5. The van der Waals surface area contributed by atoms with Gasteiger partial charge in [-0.25, -0.2) is 9.78 Å². The van der Waals surface area contributed by atoms with Gasteiger partial charge in [-0.05, 0) is 43.9 Å². The van der Waals surface area contributed by atoms with E-state index in [9.17, 15) is 18.0 Å². The summed E-state index contributed by atoms with van der Waals surface area (Å²) >= 11 is 0. The second kappa shape index (κ2) is 9.30. The molecule has 1 unspecified atom stereocenters. The highest BCUT2D eigenvalue weighted by atomic mass is 19.4. The zero-order valence-electron chi connectivity index (χ0n) is 16.6. The molecule has 1 atom stereocenters. The number of aliphatic carboxylic acids is 1. The van der Waals surface area contributed by atoms with E-state index in [-0.39, 0.29) is 11.3 Å². The molecule has 1 aromatic rings. The topological polar surface area (TPSA) is 83.0 Å². The number of ether oxygens (including phenoxy) is 1. The summed E-state index contributed by atoms with van der Waals surface area (Å²) < 4.78 is 37.2. The second-order valence-corrected chi connectivity index (χ2v) is 8.19. The van der Waals surface area contributed by atoms with Crippen molar-refractivity contribution in [3.05, 3.63) is 24.4 Å². The van der Waals surface area contributed by atoms with Gasteiger partial charge in [0, 0.05) is 50.9 Å². The number of carboxylic acids is 1. The quantitative estimate of drug-likeness (QED) is 0.795. The minimum absolute atomic E-state index is 0.139. The molecule has 3 aliphatic heterocycles. The maximum Gasteiger partial charge on any atom is 0.490 e. The summed E-state index contributed by atoms with van der Waals surface area (Å²) in [4.78, 5) is 30.2. The zero-order chi connectivity index (χ0) is 21.8. The molecule has 166 valence electrons. The van der Waals surface area contributed by atoms with Crippen LogP contribution in [-0.2, 0) is 14.3 Å². The Balaban J connectivity index is 0.000000318. The van der Waals surface area contributed by atoms with Crippen molar-refractivity contribution in [1.82, 2.24) is 9.88 Å². The largest absolute Gasteiger partial charge is 0.490 e. The number of alkyl halides is 3. The molecule has 1 spiro atoms. The van der Waals surface area contributed by atoms with E-state index in [2.05, 4.69) is 9.88 Å². The van der Waals surface area contributed by atoms with Gasteiger partial charge < -0.3 is 14.7 Å². The van der Waals surface area contributed by atoms with Crippen LogP contribution in [0.15, 0.2) is 24.4 Å². The fourth-order valence-corrected chi connectivity index (χ4v) is 4.37. The van der Waals surface area contributed by atoms with Crippen molar-refractivity contribution in [3.8, 4) is 0 Å². The molecule has 1 N–H and O–H groups in total. The number of anilines is 1. The van der Waals surface area contributed by atoms with Crippen LogP contribution >= 0.6 is 0 Å². The van der Waals surface area contributed by atoms with Crippen LogP contribution in [0.5, 0.6) is 0 Å². The maximum absolute atomic E-state index is 12.5. The Kier molecular flexibility index (Phi) is 6.97. The fraction of sp³-hybridized carbons (Fsp3) is 0.650. The van der Waals surface area contributed by atoms with Crippen molar-refractivity contribution in [1.29, 1.82) is 0 Å². The number of likely N-dealkylation sites (tertiary alicyclic amines) is 1. The summed E-state index contributed by atoms with van der Waals surface area (Å²) in [6.45, 7) is 6.00. The van der Waals surface area contributed by atoms with E-state index in [4.69, 9.17) is 14.6 Å². The number of carbonyl (C=O) groups is 2. The Labute approximate surface area is 172 Å². The Bertz CT molecular complexity index is 741. The molecule has 7 nitrogen and oxygen atoms in total. The molecule has 0 bridgehead atoms. The van der Waals surface area contributed by atoms with E-state index in [0.717, 1.165) is 51.0 Å². The first-order valence-electron chi connectivity index (χ1n) is 10.0. The van der Waals surface area contributed by atoms with Gasteiger partial charge in [-0.3, -0.25) is 9.69 Å². The standard InChI is InChI=1S/C18H25N3O2.C2HF3O2/c22-17-11-18(14-21(17)16-3-1-2-7-19-16)6-8-20(13-18)12-15-4-9-23-10-5-15;3-2(4,5)1(6)7/h1-3,7,15H,4-6,8-14H2;(H,6,7). The van der Waals surface area contributed by atoms with Gasteiger partial charge in [0.25, 0.3) is 0 Å². The Hall–Kier alpha value is -2.20. The molecule has 30 heavy (non-hydrogen) atoms. The molecule has 0 radical (unpaired) electrons. The molecular weight excluding hydrogens is 403 g/mol. The summed E-state index contributed by atoms with van der Waals surface area (Å²) in [6, 6.07) is 5.78. The summed E-state index contributed by atoms with van der Waals surface area (Å²) in [5.74, 6) is -0.954. The van der Waals surface area contributed by atoms with E-state index in [0.29, 0.717) is 6.42 Å². The van der Waals surface area contributed by atoms with Crippen molar-refractivity contribution in [2.75, 3.05) is 44.3 Å². The lowest BCUT2D eigenvalue weighted by Crippen LogP contribution is -2.34. The summed E-state index contributed by atoms with van der Waals surface area (Å²) in [6.07, 6.45) is 0.851. The van der Waals surface area contributed by atoms with Crippen LogP contribution in [-0.4, -0.2) is 72.4 Å². The molecule has 10 heteroatoms. The first-order chi connectivity index (χ1) is 14.2. The van der Waals surface area contributed by atoms with Gasteiger partial charge in [-0.1, -0.05) is 6.07 Å². The van der Waals surface area contributed by atoms with Crippen LogP contribution < -0.4 is 4.90 Å². The normalized spacial score (nSPS) is 25.4. The Morgan fingerprint density at radius 3 is 2.57 bits per heavy atom. The van der Waals surface area contributed by atoms with Gasteiger partial charge in [0.2, 0.25) is 5.91 Å². The lowest BCUT2D eigenvalue weighted by Gasteiger charge is -2.28. The van der Waals surface area contributed by atoms with E-state index < -0.39 is 12.1 Å². The molecule has 3 saturated heterocycles. The van der Waals surface area contributed by atoms with Crippen LogP contribution in [0.4, 0.5) is 19.0 Å². The van der Waals surface area contributed by atoms with Crippen LogP contribution in [0.3, 0.4) is 0 Å². The van der Waals surface area contributed by atoms with Crippen LogP contribution in [0, 0.1) is 11.3 Å². The number of amides is 1. The van der Waals surface area contributed by atoms with Crippen molar-refractivity contribution in [2.24, 2.45) is 11.3 Å². The van der Waals surface area contributed by atoms with Gasteiger partial charge in [-0.15, -0.1) is 0 Å². The average Bonchev–Trinajstić information content (AvgIpc) is 3.25. The number of hydrogen-bond donors (Lipinski definition) is 1. The monoisotopic (exact) mass is 429 g/mol. The predicted octanol–water partition coefficient (Wildman–Crippen LogP) is 2.57. The molecule has 4 heterocycles. The van der Waals surface area contributed by atoms with Crippen molar-refractivity contribution >= 4 is 17.7 Å². The first-order valence-corrected chi connectivity index (χ1v) is 10.0. The van der Waals surface area contributed by atoms with E-state index in [1.165, 1.54) is 19.4 Å². The number of halogens is 3. The number of aromatic nitrogens is 1. The van der Waals surface area contributed by atoms with Crippen LogP contribution in [0.2, 0.25) is 0 Å². The smallest absolute Gasteiger partial charge is 0.475 e. The van der Waals surface area contributed by atoms with Crippen LogP contribution in [0.25, 0.3) is 0 Å². The number of carboxylic acid groups (broad SMARTS) is 1. The highest BCUT2D eigenvalue weighted by molar-refractivity contribution is 5.95. The van der Waals surface area contributed by atoms with Gasteiger partial charge in [0.1, 0.15) is 5.82 Å². The number of rotatable bonds is 3. The van der Waals surface area contributed by atoms with Gasteiger partial charge in [0.05, 0.1) is 0 Å². The average molecular weight is 429 g/mol. The third kappa shape index (κ3) is 5.69. The molecule has 3 aliphatic rings. The molecule has 1 aromatic heterocycles. The second-order valence-electron chi connectivity index (χ2n) is 8.19. The highest BCUT2D eigenvalue weighted by Crippen LogP contribution is 2.41. The fourth-order valence-electron chi connectivity index (χ4n) is 4.37. The highest BCUT2D eigenvalue weighted by Gasteiger charge is 2.48. The zero-order valence-corrected chi connectivity index (χ0v) is 16.6. The van der Waals surface area contributed by atoms with Crippen molar-refractivity contribution in [2.45, 2.75) is 31.9 Å². The van der Waals surface area contributed by atoms with E-state index in [1.807, 2.05) is 23.1 Å². The third-order valence-corrected chi connectivity index (χ3v) is 5.86. The molecule has 0 aromatic carbocycles. The van der Waals surface area contributed by atoms with Crippen LogP contribution in [0.1, 0.15) is 25.7 Å². The lowest BCUT2D eigenvalue weighted by atomic mass is 9.86. The van der Waals surface area contributed by atoms with Gasteiger partial charge >= 0.3 is 12.1 Å². The first kappa shape index (κ1) is 22.5. The minimum Gasteiger partial charge on any atom is -0.475 e.